The molecule has 0 bridgehead atoms. The molecule has 1 aliphatic heterocycles. The maximum Gasteiger partial charge on any atom is 0.152 e. The van der Waals surface area contributed by atoms with Crippen LogP contribution in [0.4, 0.5) is 5.69 Å². The zero-order valence-electron chi connectivity index (χ0n) is 9.91. The van der Waals surface area contributed by atoms with E-state index in [1.165, 1.54) is 25.7 Å². The molecule has 2 rings (SSSR count). The zero-order chi connectivity index (χ0) is 11.4. The lowest BCUT2D eigenvalue weighted by Gasteiger charge is -2.24. The second kappa shape index (κ2) is 5.15. The molecule has 0 aromatic heterocycles. The lowest BCUT2D eigenvalue weighted by Crippen LogP contribution is -2.25. The Hall–Kier alpha value is -1.31. The predicted molar refractivity (Wildman–Crippen MR) is 67.2 cm³/mol. The van der Waals surface area contributed by atoms with E-state index in [2.05, 4.69) is 17.0 Å². The van der Waals surface area contributed by atoms with E-state index in [-0.39, 0.29) is 0 Å². The van der Waals surface area contributed by atoms with Crippen LogP contribution in [-0.2, 0) is 0 Å². The van der Waals surface area contributed by atoms with Crippen molar-refractivity contribution in [2.45, 2.75) is 32.6 Å². The minimum atomic E-state index is 0.835. The Morgan fingerprint density at radius 3 is 2.44 bits per heavy atom. The van der Waals surface area contributed by atoms with Crippen LogP contribution in [0.1, 0.15) is 41.6 Å². The normalized spacial score (nSPS) is 16.9. The van der Waals surface area contributed by atoms with Gasteiger partial charge in [0.25, 0.3) is 0 Å². The summed E-state index contributed by atoms with van der Waals surface area (Å²) in [6.07, 6.45) is 6.10. The summed E-state index contributed by atoms with van der Waals surface area (Å²) >= 11 is 0. The van der Waals surface area contributed by atoms with Gasteiger partial charge in [0.1, 0.15) is 0 Å². The molecule has 1 aliphatic rings. The standard InChI is InChI=1S/C14H19NO/c1-12-6-7-14(13(10-12)11-16)15-8-4-2-3-5-9-15/h6-7,10-11H,2-5,8-9H2,1H3. The van der Waals surface area contributed by atoms with Crippen LogP contribution in [0.25, 0.3) is 0 Å². The maximum atomic E-state index is 11.1. The number of benzene rings is 1. The molecule has 0 saturated carbocycles. The lowest BCUT2D eigenvalue weighted by molar-refractivity contribution is 0.112. The number of aldehydes is 1. The Labute approximate surface area is 97.3 Å². The molecule has 1 saturated heterocycles. The summed E-state index contributed by atoms with van der Waals surface area (Å²) in [5.74, 6) is 0. The van der Waals surface area contributed by atoms with Crippen LogP contribution >= 0.6 is 0 Å². The fourth-order valence-corrected chi connectivity index (χ4v) is 2.37. The van der Waals surface area contributed by atoms with Crippen molar-refractivity contribution in [3.8, 4) is 0 Å². The van der Waals surface area contributed by atoms with Gasteiger partial charge in [0.15, 0.2) is 6.29 Å². The summed E-state index contributed by atoms with van der Waals surface area (Å²) in [5, 5.41) is 0. The van der Waals surface area contributed by atoms with Gasteiger partial charge in [0.05, 0.1) is 0 Å². The van der Waals surface area contributed by atoms with E-state index >= 15 is 0 Å². The Morgan fingerprint density at radius 2 is 1.81 bits per heavy atom. The first kappa shape index (κ1) is 11.2. The van der Waals surface area contributed by atoms with Gasteiger partial charge in [-0.15, -0.1) is 0 Å². The molecule has 0 spiro atoms. The number of rotatable bonds is 2. The molecule has 1 aromatic rings. The van der Waals surface area contributed by atoms with E-state index in [0.29, 0.717) is 0 Å². The highest BCUT2D eigenvalue weighted by Gasteiger charge is 2.12. The van der Waals surface area contributed by atoms with Crippen LogP contribution in [-0.4, -0.2) is 19.4 Å². The average molecular weight is 217 g/mol. The van der Waals surface area contributed by atoms with E-state index in [1.54, 1.807) is 0 Å². The van der Waals surface area contributed by atoms with Crippen molar-refractivity contribution in [2.75, 3.05) is 18.0 Å². The van der Waals surface area contributed by atoms with Crippen molar-refractivity contribution in [1.82, 2.24) is 0 Å². The second-order valence-electron chi connectivity index (χ2n) is 4.58. The van der Waals surface area contributed by atoms with Gasteiger partial charge in [0.2, 0.25) is 0 Å². The number of carbonyl (C=O) groups excluding carboxylic acids is 1. The van der Waals surface area contributed by atoms with Crippen LogP contribution in [0.5, 0.6) is 0 Å². The van der Waals surface area contributed by atoms with Gasteiger partial charge < -0.3 is 4.90 Å². The summed E-state index contributed by atoms with van der Waals surface area (Å²) in [7, 11) is 0. The Kier molecular flexibility index (Phi) is 3.60. The molecule has 0 radical (unpaired) electrons. The van der Waals surface area contributed by atoms with Crippen molar-refractivity contribution < 1.29 is 4.79 Å². The maximum absolute atomic E-state index is 11.1. The molecule has 16 heavy (non-hydrogen) atoms. The van der Waals surface area contributed by atoms with Crippen molar-refractivity contribution >= 4 is 12.0 Å². The van der Waals surface area contributed by atoms with Gasteiger partial charge in [-0.25, -0.2) is 0 Å². The third-order valence-electron chi connectivity index (χ3n) is 3.26. The molecule has 1 fully saturated rings. The molecule has 0 atom stereocenters. The molecular formula is C14H19NO. The molecule has 0 amide bonds. The monoisotopic (exact) mass is 217 g/mol. The average Bonchev–Trinajstić information content (AvgIpc) is 2.57. The van der Waals surface area contributed by atoms with Crippen LogP contribution in [0.3, 0.4) is 0 Å². The van der Waals surface area contributed by atoms with Crippen LogP contribution in [0, 0.1) is 6.92 Å². The first-order valence-electron chi connectivity index (χ1n) is 6.12. The summed E-state index contributed by atoms with van der Waals surface area (Å²) in [5.41, 5.74) is 3.10. The van der Waals surface area contributed by atoms with E-state index in [4.69, 9.17) is 0 Å². The quantitative estimate of drug-likeness (QED) is 0.709. The molecule has 86 valence electrons. The predicted octanol–water partition coefficient (Wildman–Crippen LogP) is 3.19. The highest BCUT2D eigenvalue weighted by atomic mass is 16.1. The fourth-order valence-electron chi connectivity index (χ4n) is 2.37. The minimum absolute atomic E-state index is 0.835. The minimum Gasteiger partial charge on any atom is -0.371 e. The number of aryl methyl sites for hydroxylation is 1. The van der Waals surface area contributed by atoms with Crippen LogP contribution in [0.15, 0.2) is 18.2 Å². The molecule has 2 nitrogen and oxygen atoms in total. The number of carbonyl (C=O) groups is 1. The van der Waals surface area contributed by atoms with Gasteiger partial charge in [0, 0.05) is 24.3 Å². The SMILES string of the molecule is Cc1ccc(N2CCCCCC2)c(C=O)c1. The van der Waals surface area contributed by atoms with Crippen LogP contribution in [0.2, 0.25) is 0 Å². The molecule has 0 unspecified atom stereocenters. The van der Waals surface area contributed by atoms with E-state index in [9.17, 15) is 4.79 Å². The topological polar surface area (TPSA) is 20.3 Å². The van der Waals surface area contributed by atoms with Crippen molar-refractivity contribution in [2.24, 2.45) is 0 Å². The highest BCUT2D eigenvalue weighted by molar-refractivity contribution is 5.85. The van der Waals surface area contributed by atoms with Gasteiger partial charge >= 0.3 is 0 Å². The third-order valence-corrected chi connectivity index (χ3v) is 3.26. The fraction of sp³-hybridized carbons (Fsp3) is 0.500. The molecule has 1 heterocycles. The highest BCUT2D eigenvalue weighted by Crippen LogP contribution is 2.23. The summed E-state index contributed by atoms with van der Waals surface area (Å²) in [4.78, 5) is 13.4. The molecular weight excluding hydrogens is 198 g/mol. The van der Waals surface area contributed by atoms with Crippen molar-refractivity contribution in [3.63, 3.8) is 0 Å². The van der Waals surface area contributed by atoms with Gasteiger partial charge in [-0.1, -0.05) is 24.5 Å². The molecule has 0 aliphatic carbocycles. The van der Waals surface area contributed by atoms with Crippen molar-refractivity contribution in [3.05, 3.63) is 29.3 Å². The summed E-state index contributed by atoms with van der Waals surface area (Å²) < 4.78 is 0. The zero-order valence-corrected chi connectivity index (χ0v) is 9.91. The first-order chi connectivity index (χ1) is 7.81. The number of anilines is 1. The number of hydrogen-bond acceptors (Lipinski definition) is 2. The summed E-state index contributed by atoms with van der Waals surface area (Å²) in [6, 6.07) is 6.16. The lowest BCUT2D eigenvalue weighted by atomic mass is 10.1. The Morgan fingerprint density at radius 1 is 1.12 bits per heavy atom. The van der Waals surface area contributed by atoms with Crippen LogP contribution < -0.4 is 4.90 Å². The first-order valence-corrected chi connectivity index (χ1v) is 6.12. The molecule has 2 heteroatoms. The second-order valence-corrected chi connectivity index (χ2v) is 4.58. The molecule has 0 N–H and O–H groups in total. The van der Waals surface area contributed by atoms with Gasteiger partial charge in [-0.05, 0) is 31.9 Å². The smallest absolute Gasteiger partial charge is 0.152 e. The summed E-state index contributed by atoms with van der Waals surface area (Å²) in [6.45, 7) is 4.20. The Bertz CT molecular complexity index is 365. The third kappa shape index (κ3) is 2.43. The van der Waals surface area contributed by atoms with E-state index in [1.807, 2.05) is 13.0 Å². The molecule has 1 aromatic carbocycles. The van der Waals surface area contributed by atoms with Crippen molar-refractivity contribution in [1.29, 1.82) is 0 Å². The van der Waals surface area contributed by atoms with E-state index < -0.39 is 0 Å². The number of hydrogen-bond donors (Lipinski definition) is 0. The largest absolute Gasteiger partial charge is 0.371 e. The number of nitrogens with zero attached hydrogens (tertiary/aromatic N) is 1. The Balaban J connectivity index is 2.26. The van der Waals surface area contributed by atoms with Gasteiger partial charge in [-0.2, -0.15) is 0 Å². The van der Waals surface area contributed by atoms with E-state index in [0.717, 1.165) is 36.2 Å². The van der Waals surface area contributed by atoms with Gasteiger partial charge in [-0.3, -0.25) is 4.79 Å².